The fourth-order valence-corrected chi connectivity index (χ4v) is 5.70. The van der Waals surface area contributed by atoms with E-state index < -0.39 is 28.3 Å². The van der Waals surface area contributed by atoms with E-state index in [2.05, 4.69) is 17.4 Å². The fraction of sp³-hybridized carbons (Fsp3) is 0.296. The van der Waals surface area contributed by atoms with Crippen LogP contribution in [-0.2, 0) is 27.7 Å². The molecule has 0 unspecified atom stereocenters. The SMILES string of the molecule is Cc1ccc(S(=O)(=O)N(CC(=O)N[C@H](C)c2ccc3c(c2)CCCC3)c2ccc(F)cc2)cc1. The highest BCUT2D eigenvalue weighted by atomic mass is 32.2. The lowest BCUT2D eigenvalue weighted by Gasteiger charge is -2.25. The lowest BCUT2D eigenvalue weighted by Crippen LogP contribution is -2.41. The number of amides is 1. The summed E-state index contributed by atoms with van der Waals surface area (Å²) in [5, 5.41) is 2.93. The molecule has 4 rings (SSSR count). The number of carbonyl (C=O) groups is 1. The molecule has 1 amide bonds. The van der Waals surface area contributed by atoms with Crippen LogP contribution in [-0.4, -0.2) is 20.9 Å². The van der Waals surface area contributed by atoms with Gasteiger partial charge in [-0.3, -0.25) is 9.10 Å². The van der Waals surface area contributed by atoms with Crippen molar-refractivity contribution in [3.63, 3.8) is 0 Å². The van der Waals surface area contributed by atoms with E-state index in [0.717, 1.165) is 28.3 Å². The van der Waals surface area contributed by atoms with Crippen LogP contribution in [0.5, 0.6) is 0 Å². The summed E-state index contributed by atoms with van der Waals surface area (Å²) in [5.74, 6) is -0.924. The third-order valence-corrected chi connectivity index (χ3v) is 8.05. The molecule has 34 heavy (non-hydrogen) atoms. The third kappa shape index (κ3) is 5.30. The quantitative estimate of drug-likeness (QED) is 0.513. The lowest BCUT2D eigenvalue weighted by molar-refractivity contribution is -0.120. The van der Waals surface area contributed by atoms with Crippen molar-refractivity contribution in [2.45, 2.75) is 50.5 Å². The standard InChI is InChI=1S/C27H29FN2O3S/c1-19-7-15-26(16-8-19)34(32,33)30(25-13-11-24(28)12-14-25)18-27(31)29-20(2)22-10-9-21-5-3-4-6-23(21)17-22/h7-17,20H,3-6,18H2,1-2H3,(H,29,31)/t20-/m1/s1. The van der Waals surface area contributed by atoms with Crippen LogP contribution in [0.4, 0.5) is 10.1 Å². The molecule has 0 saturated heterocycles. The molecule has 0 fully saturated rings. The Hall–Kier alpha value is -3.19. The first-order chi connectivity index (χ1) is 16.2. The molecule has 0 radical (unpaired) electrons. The molecule has 1 N–H and O–H groups in total. The highest BCUT2D eigenvalue weighted by molar-refractivity contribution is 7.92. The van der Waals surface area contributed by atoms with Gasteiger partial charge in [-0.25, -0.2) is 12.8 Å². The van der Waals surface area contributed by atoms with Crippen molar-refractivity contribution >= 4 is 21.6 Å². The fourth-order valence-electron chi connectivity index (χ4n) is 4.28. The molecule has 1 atom stereocenters. The van der Waals surface area contributed by atoms with Crippen LogP contribution in [0.15, 0.2) is 71.6 Å². The van der Waals surface area contributed by atoms with Gasteiger partial charge in [0.25, 0.3) is 10.0 Å². The average molecular weight is 481 g/mol. The Bertz CT molecular complexity index is 1270. The summed E-state index contributed by atoms with van der Waals surface area (Å²) in [7, 11) is -4.04. The van der Waals surface area contributed by atoms with Crippen LogP contribution in [0, 0.1) is 12.7 Å². The zero-order valence-electron chi connectivity index (χ0n) is 19.4. The Balaban J connectivity index is 1.56. The predicted molar refractivity (Wildman–Crippen MR) is 132 cm³/mol. The smallest absolute Gasteiger partial charge is 0.264 e. The largest absolute Gasteiger partial charge is 0.348 e. The molecular formula is C27H29FN2O3S. The highest BCUT2D eigenvalue weighted by Gasteiger charge is 2.28. The van der Waals surface area contributed by atoms with E-state index >= 15 is 0 Å². The second-order valence-corrected chi connectivity index (χ2v) is 10.7. The minimum atomic E-state index is -4.04. The topological polar surface area (TPSA) is 66.5 Å². The highest BCUT2D eigenvalue weighted by Crippen LogP contribution is 2.26. The van der Waals surface area contributed by atoms with Crippen LogP contribution in [0.3, 0.4) is 0 Å². The lowest BCUT2D eigenvalue weighted by atomic mass is 9.89. The molecular weight excluding hydrogens is 451 g/mol. The summed E-state index contributed by atoms with van der Waals surface area (Å²) in [6.45, 7) is 3.33. The Labute approximate surface area is 200 Å². The zero-order chi connectivity index (χ0) is 24.3. The van der Waals surface area contributed by atoms with Crippen LogP contribution in [0.25, 0.3) is 0 Å². The second-order valence-electron chi connectivity index (χ2n) is 8.83. The molecule has 0 saturated carbocycles. The maximum absolute atomic E-state index is 13.5. The summed E-state index contributed by atoms with van der Waals surface area (Å²) < 4.78 is 41.4. The molecule has 0 aliphatic heterocycles. The average Bonchev–Trinajstić information content (AvgIpc) is 2.83. The maximum atomic E-state index is 13.5. The molecule has 0 spiro atoms. The van der Waals surface area contributed by atoms with Crippen molar-refractivity contribution in [1.29, 1.82) is 0 Å². The van der Waals surface area contributed by atoms with E-state index in [1.165, 1.54) is 60.4 Å². The molecule has 1 aliphatic carbocycles. The van der Waals surface area contributed by atoms with Crippen molar-refractivity contribution in [2.75, 3.05) is 10.8 Å². The summed E-state index contributed by atoms with van der Waals surface area (Å²) in [6.07, 6.45) is 4.49. The molecule has 0 aromatic heterocycles. The van der Waals surface area contributed by atoms with Crippen molar-refractivity contribution in [1.82, 2.24) is 5.32 Å². The predicted octanol–water partition coefficient (Wildman–Crippen LogP) is 5.09. The first-order valence-corrected chi connectivity index (χ1v) is 12.9. The van der Waals surface area contributed by atoms with Crippen molar-refractivity contribution in [3.8, 4) is 0 Å². The molecule has 3 aromatic rings. The van der Waals surface area contributed by atoms with Gasteiger partial charge in [0.1, 0.15) is 12.4 Å². The number of nitrogens with one attached hydrogen (secondary N) is 1. The van der Waals surface area contributed by atoms with E-state index in [1.807, 2.05) is 19.9 Å². The normalized spacial score (nSPS) is 14.2. The third-order valence-electron chi connectivity index (χ3n) is 6.26. The monoisotopic (exact) mass is 480 g/mol. The van der Waals surface area contributed by atoms with Gasteiger partial charge in [-0.15, -0.1) is 0 Å². The number of nitrogens with zero attached hydrogens (tertiary/aromatic N) is 1. The number of fused-ring (bicyclic) bond motifs is 1. The molecule has 5 nitrogen and oxygen atoms in total. The first kappa shape index (κ1) is 24.0. The number of hydrogen-bond donors (Lipinski definition) is 1. The zero-order valence-corrected chi connectivity index (χ0v) is 20.2. The van der Waals surface area contributed by atoms with Gasteiger partial charge in [-0.05, 0) is 92.6 Å². The van der Waals surface area contributed by atoms with Gasteiger partial charge in [0.05, 0.1) is 16.6 Å². The van der Waals surface area contributed by atoms with Gasteiger partial charge >= 0.3 is 0 Å². The van der Waals surface area contributed by atoms with Crippen molar-refractivity contribution in [2.24, 2.45) is 0 Å². The van der Waals surface area contributed by atoms with Crippen LogP contribution >= 0.6 is 0 Å². The van der Waals surface area contributed by atoms with Crippen molar-refractivity contribution < 1.29 is 17.6 Å². The van der Waals surface area contributed by atoms with E-state index in [4.69, 9.17) is 0 Å². The Kier molecular flexibility index (Phi) is 7.03. The number of halogens is 1. The first-order valence-electron chi connectivity index (χ1n) is 11.5. The summed E-state index contributed by atoms with van der Waals surface area (Å²) >= 11 is 0. The van der Waals surface area contributed by atoms with Crippen molar-refractivity contribution in [3.05, 3.63) is 94.8 Å². The number of anilines is 1. The summed E-state index contributed by atoms with van der Waals surface area (Å²) in [4.78, 5) is 13.1. The van der Waals surface area contributed by atoms with Gasteiger partial charge in [0, 0.05) is 0 Å². The number of benzene rings is 3. The minimum Gasteiger partial charge on any atom is -0.348 e. The minimum absolute atomic E-state index is 0.0676. The van der Waals surface area contributed by atoms with E-state index in [1.54, 1.807) is 12.1 Å². The van der Waals surface area contributed by atoms with Crippen LogP contribution in [0.1, 0.15) is 48.1 Å². The van der Waals surface area contributed by atoms with E-state index in [0.29, 0.717) is 0 Å². The van der Waals surface area contributed by atoms with E-state index in [-0.39, 0.29) is 16.6 Å². The molecule has 1 aliphatic rings. The number of carbonyl (C=O) groups excluding carboxylic acids is 1. The summed E-state index contributed by atoms with van der Waals surface area (Å²) in [6, 6.07) is 17.5. The Morgan fingerprint density at radius 2 is 1.62 bits per heavy atom. The van der Waals surface area contributed by atoms with Gasteiger partial charge in [-0.2, -0.15) is 0 Å². The Morgan fingerprint density at radius 3 is 2.29 bits per heavy atom. The second kappa shape index (κ2) is 9.97. The summed E-state index contributed by atoms with van der Waals surface area (Å²) in [5.41, 5.74) is 4.81. The molecule has 178 valence electrons. The number of rotatable bonds is 7. The van der Waals surface area contributed by atoms with Gasteiger partial charge in [-0.1, -0.05) is 35.9 Å². The molecule has 3 aromatic carbocycles. The number of hydrogen-bond acceptors (Lipinski definition) is 3. The van der Waals surface area contributed by atoms with Gasteiger partial charge in [0.2, 0.25) is 5.91 Å². The van der Waals surface area contributed by atoms with Crippen LogP contribution < -0.4 is 9.62 Å². The van der Waals surface area contributed by atoms with Gasteiger partial charge < -0.3 is 5.32 Å². The molecule has 7 heteroatoms. The van der Waals surface area contributed by atoms with Gasteiger partial charge in [0.15, 0.2) is 0 Å². The molecule has 0 heterocycles. The number of aryl methyl sites for hydroxylation is 3. The maximum Gasteiger partial charge on any atom is 0.264 e. The van der Waals surface area contributed by atoms with Crippen LogP contribution in [0.2, 0.25) is 0 Å². The van der Waals surface area contributed by atoms with E-state index in [9.17, 15) is 17.6 Å². The molecule has 0 bridgehead atoms. The Morgan fingerprint density at radius 1 is 0.971 bits per heavy atom. The number of sulfonamides is 1.